The molecule has 1 aliphatic heterocycles. The first-order valence-corrected chi connectivity index (χ1v) is 21.2. The number of fused-ring (bicyclic) bond motifs is 11. The number of benzene rings is 9. The van der Waals surface area contributed by atoms with Gasteiger partial charge in [0.2, 0.25) is 0 Å². The lowest BCUT2D eigenvalue weighted by molar-refractivity contribution is 1.12. The summed E-state index contributed by atoms with van der Waals surface area (Å²) >= 11 is 0. The molecule has 4 heteroatoms. The van der Waals surface area contributed by atoms with E-state index in [-0.39, 0.29) is 0 Å². The van der Waals surface area contributed by atoms with Gasteiger partial charge < -0.3 is 18.6 Å². The topological polar surface area (TPSA) is 18.0 Å². The summed E-state index contributed by atoms with van der Waals surface area (Å²) < 4.78 is 7.24. The number of para-hydroxylation sites is 6. The van der Waals surface area contributed by atoms with Gasteiger partial charge >= 0.3 is 0 Å². The summed E-state index contributed by atoms with van der Waals surface area (Å²) in [5.74, 6) is 0. The molecule has 13 rings (SSSR count). The fraction of sp³-hybridized carbons (Fsp3) is 0. The molecule has 9 aromatic carbocycles. The summed E-state index contributed by atoms with van der Waals surface area (Å²) in [7, 11) is 0. The molecule has 0 atom stereocenters. The number of rotatable bonds is 5. The molecule has 0 aliphatic carbocycles. The van der Waals surface area contributed by atoms with Crippen LogP contribution in [0.1, 0.15) is 5.56 Å². The van der Waals surface area contributed by atoms with Crippen molar-refractivity contribution in [3.05, 3.63) is 231 Å². The Kier molecular flexibility index (Phi) is 7.42. The van der Waals surface area contributed by atoms with Crippen LogP contribution in [0.2, 0.25) is 0 Å². The molecular formula is C58H38N4. The lowest BCUT2D eigenvalue weighted by atomic mass is 9.93. The van der Waals surface area contributed by atoms with E-state index in [2.05, 4.69) is 237 Å². The van der Waals surface area contributed by atoms with E-state index in [1.807, 2.05) is 0 Å². The molecule has 4 nitrogen and oxygen atoms in total. The van der Waals surface area contributed by atoms with Gasteiger partial charge in [-0.25, -0.2) is 0 Å². The minimum atomic E-state index is 0.953. The number of aromatic nitrogens is 3. The van der Waals surface area contributed by atoms with Crippen LogP contribution in [0.5, 0.6) is 0 Å². The molecule has 3 aromatic heterocycles. The van der Waals surface area contributed by atoms with E-state index in [0.717, 1.165) is 61.9 Å². The maximum atomic E-state index is 4.91. The largest absolute Gasteiger partial charge is 0.310 e. The zero-order chi connectivity index (χ0) is 40.9. The first-order valence-electron chi connectivity index (χ1n) is 21.2. The van der Waals surface area contributed by atoms with E-state index in [1.54, 1.807) is 0 Å². The number of hydrogen-bond acceptors (Lipinski definition) is 1. The van der Waals surface area contributed by atoms with Crippen LogP contribution < -0.4 is 4.90 Å². The Morgan fingerprint density at radius 3 is 1.37 bits per heavy atom. The van der Waals surface area contributed by atoms with Crippen LogP contribution >= 0.6 is 0 Å². The predicted octanol–water partition coefficient (Wildman–Crippen LogP) is 15.3. The smallest absolute Gasteiger partial charge is 0.0655 e. The molecule has 62 heavy (non-hydrogen) atoms. The highest BCUT2D eigenvalue weighted by atomic mass is 15.2. The van der Waals surface area contributed by atoms with Crippen molar-refractivity contribution in [2.24, 2.45) is 0 Å². The van der Waals surface area contributed by atoms with Crippen LogP contribution in [-0.4, -0.2) is 13.7 Å². The van der Waals surface area contributed by atoms with Gasteiger partial charge in [0, 0.05) is 66.5 Å². The Labute approximate surface area is 358 Å². The number of nitrogens with zero attached hydrogens (tertiary/aromatic N) is 4. The second kappa shape index (κ2) is 13.3. The summed E-state index contributed by atoms with van der Waals surface area (Å²) in [5.41, 5.74) is 18.3. The van der Waals surface area contributed by atoms with Crippen LogP contribution in [0.25, 0.3) is 99.7 Å². The highest BCUT2D eigenvalue weighted by Crippen LogP contribution is 2.52. The van der Waals surface area contributed by atoms with Crippen molar-refractivity contribution in [2.75, 3.05) is 4.90 Å². The van der Waals surface area contributed by atoms with Crippen molar-refractivity contribution < 1.29 is 0 Å². The monoisotopic (exact) mass is 790 g/mol. The van der Waals surface area contributed by atoms with Crippen molar-refractivity contribution in [1.82, 2.24) is 13.7 Å². The summed E-state index contributed by atoms with van der Waals surface area (Å²) in [5, 5.41) is 6.08. The van der Waals surface area contributed by atoms with E-state index in [1.165, 1.54) is 54.7 Å². The van der Waals surface area contributed by atoms with Gasteiger partial charge in [0.15, 0.2) is 0 Å². The molecule has 0 fully saturated rings. The van der Waals surface area contributed by atoms with E-state index in [9.17, 15) is 0 Å². The first kappa shape index (κ1) is 34.5. The Bertz CT molecular complexity index is 3760. The quantitative estimate of drug-likeness (QED) is 0.170. The Morgan fingerprint density at radius 1 is 0.306 bits per heavy atom. The van der Waals surface area contributed by atoms with Crippen molar-refractivity contribution in [3.63, 3.8) is 0 Å². The molecule has 0 saturated heterocycles. The third-order valence-corrected chi connectivity index (χ3v) is 12.9. The average Bonchev–Trinajstić information content (AvgIpc) is 3.98. The normalized spacial score (nSPS) is 12.5. The third-order valence-electron chi connectivity index (χ3n) is 12.9. The van der Waals surface area contributed by atoms with Crippen molar-refractivity contribution in [2.45, 2.75) is 0 Å². The van der Waals surface area contributed by atoms with Crippen molar-refractivity contribution in [3.8, 4) is 39.4 Å². The second-order valence-corrected chi connectivity index (χ2v) is 16.2. The molecule has 4 heterocycles. The number of hydrogen-bond donors (Lipinski definition) is 0. The number of anilines is 2. The van der Waals surface area contributed by atoms with Gasteiger partial charge in [-0.2, -0.15) is 0 Å². The van der Waals surface area contributed by atoms with Gasteiger partial charge in [-0.1, -0.05) is 128 Å². The standard InChI is InChI=1S/C58H38N4/c1-38-57-50-36-40(39-29-32-54-48(35-39)45-23-11-14-26-51(45)60(54)42-19-7-3-8-20-42)30-33-56(50)62(58(57)47-25-13-16-28-53(47)59(38)41-17-5-2-6-18-41)44-31-34-55-49(37-44)46-24-12-15-27-52(46)61(55)43-21-9-4-10-22-43/h2-37H,1H2. The molecule has 0 N–H and O–H groups in total. The van der Waals surface area contributed by atoms with Crippen LogP contribution in [0.3, 0.4) is 0 Å². The molecule has 0 saturated carbocycles. The van der Waals surface area contributed by atoms with Gasteiger partial charge in [-0.05, 0) is 108 Å². The highest BCUT2D eigenvalue weighted by Gasteiger charge is 2.33. The Hall–Kier alpha value is -8.34. The average molecular weight is 791 g/mol. The first-order chi connectivity index (χ1) is 30.7. The van der Waals surface area contributed by atoms with Crippen LogP contribution in [0.15, 0.2) is 225 Å². The van der Waals surface area contributed by atoms with Crippen molar-refractivity contribution >= 4 is 71.6 Å². The fourth-order valence-electron chi connectivity index (χ4n) is 10.2. The summed E-state index contributed by atoms with van der Waals surface area (Å²) in [4.78, 5) is 2.33. The second-order valence-electron chi connectivity index (χ2n) is 16.2. The minimum Gasteiger partial charge on any atom is -0.310 e. The predicted molar refractivity (Wildman–Crippen MR) is 260 cm³/mol. The molecule has 1 aliphatic rings. The van der Waals surface area contributed by atoms with Gasteiger partial charge in [0.25, 0.3) is 0 Å². The molecule has 290 valence electrons. The molecule has 0 unspecified atom stereocenters. The SMILES string of the molecule is C=C1c2c(n(-c3ccc4c(c3)c3ccccc3n4-c3ccccc3)c3ccc(-c4ccc5c(c4)c4ccccc4n5-c4ccccc4)cc23)-c2ccccc2N1c1ccccc1. The van der Waals surface area contributed by atoms with Gasteiger partial charge in [-0.3, -0.25) is 0 Å². The maximum absolute atomic E-state index is 4.91. The van der Waals surface area contributed by atoms with Crippen LogP contribution in [0, 0.1) is 0 Å². The van der Waals surface area contributed by atoms with Crippen LogP contribution in [0.4, 0.5) is 11.4 Å². The zero-order valence-corrected chi connectivity index (χ0v) is 33.8. The molecule has 0 bridgehead atoms. The molecule has 0 radical (unpaired) electrons. The minimum absolute atomic E-state index is 0.953. The van der Waals surface area contributed by atoms with Gasteiger partial charge in [0.1, 0.15) is 0 Å². The lowest BCUT2D eigenvalue weighted by Gasteiger charge is -2.34. The van der Waals surface area contributed by atoms with Crippen LogP contribution in [-0.2, 0) is 0 Å². The van der Waals surface area contributed by atoms with Crippen molar-refractivity contribution in [1.29, 1.82) is 0 Å². The summed E-state index contributed by atoms with van der Waals surface area (Å²) in [6.45, 7) is 4.91. The Morgan fingerprint density at radius 2 is 0.758 bits per heavy atom. The van der Waals surface area contributed by atoms with E-state index >= 15 is 0 Å². The van der Waals surface area contributed by atoms with E-state index < -0.39 is 0 Å². The molecular weight excluding hydrogens is 753 g/mol. The van der Waals surface area contributed by atoms with Gasteiger partial charge in [0.05, 0.1) is 39.0 Å². The lowest BCUT2D eigenvalue weighted by Crippen LogP contribution is -2.20. The molecule has 0 spiro atoms. The summed E-state index contributed by atoms with van der Waals surface area (Å²) in [6, 6.07) is 79.2. The van der Waals surface area contributed by atoms with E-state index in [4.69, 9.17) is 6.58 Å². The maximum Gasteiger partial charge on any atom is 0.0655 e. The van der Waals surface area contributed by atoms with E-state index in [0.29, 0.717) is 0 Å². The zero-order valence-electron chi connectivity index (χ0n) is 33.8. The highest BCUT2D eigenvalue weighted by molar-refractivity contribution is 6.15. The fourth-order valence-corrected chi connectivity index (χ4v) is 10.2. The third kappa shape index (κ3) is 4.95. The Balaban J connectivity index is 1.07. The molecule has 12 aromatic rings. The molecule has 0 amide bonds. The summed E-state index contributed by atoms with van der Waals surface area (Å²) in [6.07, 6.45) is 0. The van der Waals surface area contributed by atoms with Gasteiger partial charge in [-0.15, -0.1) is 0 Å².